The molecule has 1 aromatic carbocycles. The van der Waals surface area contributed by atoms with E-state index in [-0.39, 0.29) is 17.7 Å². The van der Waals surface area contributed by atoms with Gasteiger partial charge in [-0.25, -0.2) is 0 Å². The normalized spacial score (nSPS) is 18.5. The number of hydrogen-bond donors (Lipinski definition) is 1. The quantitative estimate of drug-likeness (QED) is 0.836. The van der Waals surface area contributed by atoms with Crippen LogP contribution in [0.1, 0.15) is 36.5 Å². The van der Waals surface area contributed by atoms with E-state index in [0.717, 1.165) is 62.1 Å². The Morgan fingerprint density at radius 2 is 1.92 bits per heavy atom. The maximum absolute atomic E-state index is 12.7. The molecule has 0 aromatic heterocycles. The average Bonchev–Trinajstić information content (AvgIpc) is 3.40. The number of amides is 2. The lowest BCUT2D eigenvalue weighted by molar-refractivity contribution is -0.117. The highest BCUT2D eigenvalue weighted by atomic mass is 79.9. The molecular formula is C18H24BrN3O2. The molecule has 1 saturated heterocycles. The summed E-state index contributed by atoms with van der Waals surface area (Å²) in [5, 5.41) is 2.91. The molecule has 0 bridgehead atoms. The van der Waals surface area contributed by atoms with Crippen molar-refractivity contribution in [2.24, 2.45) is 5.92 Å². The number of carbonyl (C=O) groups is 2. The third-order valence-corrected chi connectivity index (χ3v) is 5.27. The van der Waals surface area contributed by atoms with Crippen LogP contribution < -0.4 is 5.32 Å². The van der Waals surface area contributed by atoms with E-state index in [4.69, 9.17) is 0 Å². The van der Waals surface area contributed by atoms with E-state index in [1.807, 2.05) is 17.0 Å². The lowest BCUT2D eigenvalue weighted by Crippen LogP contribution is -2.48. The van der Waals surface area contributed by atoms with Crippen LogP contribution in [0.5, 0.6) is 0 Å². The zero-order valence-corrected chi connectivity index (χ0v) is 15.6. The molecule has 1 aromatic rings. The van der Waals surface area contributed by atoms with E-state index >= 15 is 0 Å². The minimum absolute atomic E-state index is 0.0538. The second kappa shape index (κ2) is 7.66. The molecule has 5 nitrogen and oxygen atoms in total. The Kier molecular flexibility index (Phi) is 5.56. The van der Waals surface area contributed by atoms with Gasteiger partial charge >= 0.3 is 0 Å². The summed E-state index contributed by atoms with van der Waals surface area (Å²) in [7, 11) is 0. The van der Waals surface area contributed by atoms with Crippen LogP contribution in [0.25, 0.3) is 0 Å². The predicted octanol–water partition coefficient (Wildman–Crippen LogP) is 2.97. The van der Waals surface area contributed by atoms with Gasteiger partial charge in [-0.05, 0) is 59.9 Å². The summed E-state index contributed by atoms with van der Waals surface area (Å²) < 4.78 is 0.733. The van der Waals surface area contributed by atoms with Crippen molar-refractivity contribution in [1.82, 2.24) is 9.80 Å². The zero-order chi connectivity index (χ0) is 17.1. The van der Waals surface area contributed by atoms with Crippen LogP contribution >= 0.6 is 15.9 Å². The molecule has 2 amide bonds. The van der Waals surface area contributed by atoms with Crippen LogP contribution in [0.15, 0.2) is 22.7 Å². The first kappa shape index (κ1) is 17.4. The Morgan fingerprint density at radius 1 is 1.21 bits per heavy atom. The SMILES string of the molecule is CCCN1CCN(C(=O)c2ccc(NC(=O)C3CC3)cc2Br)CC1. The molecule has 24 heavy (non-hydrogen) atoms. The van der Waals surface area contributed by atoms with Crippen molar-refractivity contribution >= 4 is 33.4 Å². The number of benzene rings is 1. The third-order valence-electron chi connectivity index (χ3n) is 4.61. The van der Waals surface area contributed by atoms with Gasteiger partial charge in [0.15, 0.2) is 0 Å². The van der Waals surface area contributed by atoms with E-state index in [2.05, 4.69) is 33.1 Å². The number of nitrogens with zero attached hydrogens (tertiary/aromatic N) is 2. The van der Waals surface area contributed by atoms with Gasteiger partial charge in [0.1, 0.15) is 0 Å². The highest BCUT2D eigenvalue weighted by Gasteiger charge is 2.30. The van der Waals surface area contributed by atoms with Gasteiger partial charge in [0.25, 0.3) is 5.91 Å². The first-order chi connectivity index (χ1) is 11.6. The number of piperazine rings is 1. The van der Waals surface area contributed by atoms with Crippen molar-refractivity contribution in [2.75, 3.05) is 38.0 Å². The molecule has 0 spiro atoms. The van der Waals surface area contributed by atoms with Crippen LogP contribution in [-0.2, 0) is 4.79 Å². The minimum Gasteiger partial charge on any atom is -0.336 e. The first-order valence-corrected chi connectivity index (χ1v) is 9.50. The molecule has 3 rings (SSSR count). The van der Waals surface area contributed by atoms with Crippen LogP contribution in [0.4, 0.5) is 5.69 Å². The molecule has 1 aliphatic heterocycles. The largest absolute Gasteiger partial charge is 0.336 e. The fraction of sp³-hybridized carbons (Fsp3) is 0.556. The summed E-state index contributed by atoms with van der Waals surface area (Å²) in [5.41, 5.74) is 1.39. The topological polar surface area (TPSA) is 52.6 Å². The number of rotatable bonds is 5. The van der Waals surface area contributed by atoms with Crippen molar-refractivity contribution in [3.8, 4) is 0 Å². The second-order valence-electron chi connectivity index (χ2n) is 6.59. The molecule has 6 heteroatoms. The Hall–Kier alpha value is -1.40. The van der Waals surface area contributed by atoms with Gasteiger partial charge in [0.05, 0.1) is 5.56 Å². The highest BCUT2D eigenvalue weighted by molar-refractivity contribution is 9.10. The molecule has 130 valence electrons. The third kappa shape index (κ3) is 4.16. The number of carbonyl (C=O) groups excluding carboxylic acids is 2. The van der Waals surface area contributed by atoms with Crippen molar-refractivity contribution < 1.29 is 9.59 Å². The lowest BCUT2D eigenvalue weighted by atomic mass is 10.1. The van der Waals surface area contributed by atoms with Gasteiger partial charge in [0.2, 0.25) is 5.91 Å². The molecule has 1 saturated carbocycles. The van der Waals surface area contributed by atoms with Crippen molar-refractivity contribution in [3.63, 3.8) is 0 Å². The number of anilines is 1. The average molecular weight is 394 g/mol. The smallest absolute Gasteiger partial charge is 0.255 e. The number of nitrogens with one attached hydrogen (secondary N) is 1. The first-order valence-electron chi connectivity index (χ1n) is 8.70. The van der Waals surface area contributed by atoms with Crippen molar-refractivity contribution in [3.05, 3.63) is 28.2 Å². The molecule has 1 aliphatic carbocycles. The van der Waals surface area contributed by atoms with E-state index < -0.39 is 0 Å². The maximum atomic E-state index is 12.7. The monoisotopic (exact) mass is 393 g/mol. The van der Waals surface area contributed by atoms with Crippen molar-refractivity contribution in [2.45, 2.75) is 26.2 Å². The van der Waals surface area contributed by atoms with Crippen molar-refractivity contribution in [1.29, 1.82) is 0 Å². The summed E-state index contributed by atoms with van der Waals surface area (Å²) in [6, 6.07) is 5.43. The highest BCUT2D eigenvalue weighted by Crippen LogP contribution is 2.31. The maximum Gasteiger partial charge on any atom is 0.255 e. The molecule has 1 heterocycles. The summed E-state index contributed by atoms with van der Waals surface area (Å²) >= 11 is 3.48. The van der Waals surface area contributed by atoms with E-state index in [1.54, 1.807) is 6.07 Å². The van der Waals surface area contributed by atoms with Gasteiger partial charge < -0.3 is 10.2 Å². The number of halogens is 1. The second-order valence-corrected chi connectivity index (χ2v) is 7.45. The van der Waals surface area contributed by atoms with Gasteiger partial charge in [-0.2, -0.15) is 0 Å². The molecule has 0 radical (unpaired) electrons. The number of hydrogen-bond acceptors (Lipinski definition) is 3. The molecule has 1 N–H and O–H groups in total. The summed E-state index contributed by atoms with van der Waals surface area (Å²) in [5.74, 6) is 0.301. The van der Waals surface area contributed by atoms with E-state index in [9.17, 15) is 9.59 Å². The van der Waals surface area contributed by atoms with Gasteiger partial charge in [-0.15, -0.1) is 0 Å². The Labute approximate surface area is 151 Å². The summed E-state index contributed by atoms with van der Waals surface area (Å²) in [4.78, 5) is 28.9. The molecule has 2 fully saturated rings. The molecular weight excluding hydrogens is 370 g/mol. The Balaban J connectivity index is 1.61. The van der Waals surface area contributed by atoms with Crippen LogP contribution in [0.3, 0.4) is 0 Å². The van der Waals surface area contributed by atoms with Gasteiger partial charge in [0, 0.05) is 42.3 Å². The Morgan fingerprint density at radius 3 is 2.50 bits per heavy atom. The fourth-order valence-electron chi connectivity index (χ4n) is 3.02. The van der Waals surface area contributed by atoms with E-state index in [0.29, 0.717) is 5.56 Å². The molecule has 0 unspecified atom stereocenters. The zero-order valence-electron chi connectivity index (χ0n) is 14.1. The molecule has 2 aliphatic rings. The van der Waals surface area contributed by atoms with Gasteiger partial charge in [-0.1, -0.05) is 6.92 Å². The standard InChI is InChI=1S/C18H24BrN3O2/c1-2-7-21-8-10-22(11-9-21)18(24)15-6-5-14(12-16(15)19)20-17(23)13-3-4-13/h5-6,12-13H,2-4,7-11H2,1H3,(H,20,23). The fourth-order valence-corrected chi connectivity index (χ4v) is 3.57. The van der Waals surface area contributed by atoms with Crippen LogP contribution in [0.2, 0.25) is 0 Å². The van der Waals surface area contributed by atoms with Crippen LogP contribution in [-0.4, -0.2) is 54.3 Å². The summed E-state index contributed by atoms with van der Waals surface area (Å²) in [6.07, 6.45) is 3.11. The predicted molar refractivity (Wildman–Crippen MR) is 98.1 cm³/mol. The lowest BCUT2D eigenvalue weighted by Gasteiger charge is -2.34. The molecule has 0 atom stereocenters. The minimum atomic E-state index is 0.0538. The van der Waals surface area contributed by atoms with Gasteiger partial charge in [-0.3, -0.25) is 14.5 Å². The Bertz CT molecular complexity index is 623. The summed E-state index contributed by atoms with van der Waals surface area (Å²) in [6.45, 7) is 6.69. The van der Waals surface area contributed by atoms with E-state index in [1.165, 1.54) is 0 Å². The van der Waals surface area contributed by atoms with Crippen LogP contribution in [0, 0.1) is 5.92 Å².